The molecule has 3 heteroatoms. The Bertz CT molecular complexity index is 48.1. The van der Waals surface area contributed by atoms with Crippen molar-refractivity contribution in [2.45, 2.75) is 24.0 Å². The third-order valence-corrected chi connectivity index (χ3v) is 1.07. The van der Waals surface area contributed by atoms with E-state index in [0.29, 0.717) is 0 Å². The van der Waals surface area contributed by atoms with Crippen molar-refractivity contribution in [3.05, 3.63) is 0 Å². The van der Waals surface area contributed by atoms with E-state index in [1.165, 1.54) is 0 Å². The van der Waals surface area contributed by atoms with Gasteiger partial charge in [-0.25, -0.2) is 0 Å². The van der Waals surface area contributed by atoms with E-state index in [0.717, 1.165) is 12.8 Å². The topological polar surface area (TPSA) is 0 Å². The van der Waals surface area contributed by atoms with Crippen LogP contribution in [0.4, 0.5) is 0 Å². The zero-order valence-electron chi connectivity index (χ0n) is 4.67. The van der Waals surface area contributed by atoms with Crippen molar-refractivity contribution >= 4 is 31.0 Å². The van der Waals surface area contributed by atoms with Crippen molar-refractivity contribution in [3.63, 3.8) is 0 Å². The maximum atomic E-state index is 5.60. The quantitative estimate of drug-likeness (QED) is 0.402. The molecular weight excluding hydrogens is 130 g/mol. The van der Waals surface area contributed by atoms with E-state index in [1.807, 2.05) is 0 Å². The van der Waals surface area contributed by atoms with Gasteiger partial charge in [0.2, 0.25) is 0 Å². The molecule has 0 saturated carbocycles. The fourth-order valence-electron chi connectivity index (χ4n) is 0.439. The summed E-state index contributed by atoms with van der Waals surface area (Å²) in [7, 11) is 1.81. The number of rotatable bonds is 2. The molecule has 0 bridgehead atoms. The van der Waals surface area contributed by atoms with Gasteiger partial charge in [-0.1, -0.05) is 13.3 Å². The van der Waals surface area contributed by atoms with Gasteiger partial charge in [0, 0.05) is 0 Å². The smallest absolute Gasteiger partial charge is 0.112 e. The molecule has 0 spiro atoms. The maximum absolute atomic E-state index is 5.60. The van der Waals surface area contributed by atoms with E-state index >= 15 is 0 Å². The van der Waals surface area contributed by atoms with Gasteiger partial charge in [0.05, 0.1) is 4.23 Å². The first-order chi connectivity index (χ1) is 3.06. The van der Waals surface area contributed by atoms with Crippen LogP contribution in [0.2, 0.25) is 0 Å². The number of hydrogen-bond donors (Lipinski definition) is 0. The Morgan fingerprint density at radius 2 is 2.00 bits per heavy atom. The molecule has 0 aliphatic heterocycles. The van der Waals surface area contributed by atoms with Crippen LogP contribution in [0.5, 0.6) is 0 Å². The summed E-state index contributed by atoms with van der Waals surface area (Å²) >= 11 is 11.2. The second-order valence-electron chi connectivity index (χ2n) is 1.82. The minimum atomic E-state index is -0.505. The van der Waals surface area contributed by atoms with Crippen LogP contribution in [-0.2, 0) is 0 Å². The lowest BCUT2D eigenvalue weighted by Gasteiger charge is -2.09. The average molecular weight is 139 g/mol. The summed E-state index contributed by atoms with van der Waals surface area (Å²) in [5.41, 5.74) is 0. The first-order valence-corrected chi connectivity index (χ1v) is 3.19. The van der Waals surface area contributed by atoms with Crippen LogP contribution in [0.15, 0.2) is 0 Å². The maximum Gasteiger partial charge on any atom is 0.148 e. The van der Waals surface area contributed by atoms with Gasteiger partial charge in [0.15, 0.2) is 0 Å². The first kappa shape index (κ1) is 7.64. The van der Waals surface area contributed by atoms with Gasteiger partial charge in [-0.15, -0.1) is 23.2 Å². The van der Waals surface area contributed by atoms with Gasteiger partial charge in [-0.05, 0) is 6.42 Å². The normalized spacial score (nSPS) is 11.9. The standard InChI is InChI=1S/C4H9BCl2/c1-2-3-4(5,6)7/h2-3,5H2,1H3. The number of hydrogen-bond acceptors (Lipinski definition) is 0. The summed E-state index contributed by atoms with van der Waals surface area (Å²) < 4.78 is -0.505. The predicted octanol–water partition coefficient (Wildman–Crippen LogP) is 1.55. The van der Waals surface area contributed by atoms with Crippen LogP contribution in [0.3, 0.4) is 0 Å². The summed E-state index contributed by atoms with van der Waals surface area (Å²) in [6.07, 6.45) is 1.92. The molecule has 0 aromatic rings. The third-order valence-electron chi connectivity index (χ3n) is 0.689. The van der Waals surface area contributed by atoms with Gasteiger partial charge in [0.1, 0.15) is 7.85 Å². The van der Waals surface area contributed by atoms with Crippen LogP contribution in [0.1, 0.15) is 19.8 Å². The highest BCUT2D eigenvalue weighted by atomic mass is 35.5. The molecule has 0 aromatic carbocycles. The highest BCUT2D eigenvalue weighted by Gasteiger charge is 2.12. The lowest BCUT2D eigenvalue weighted by Crippen LogP contribution is -2.10. The lowest BCUT2D eigenvalue weighted by atomic mass is 9.99. The molecule has 0 aliphatic carbocycles. The Kier molecular flexibility index (Phi) is 3.09. The van der Waals surface area contributed by atoms with Gasteiger partial charge >= 0.3 is 0 Å². The minimum Gasteiger partial charge on any atom is -0.112 e. The molecular formula is C4H9BCl2. The van der Waals surface area contributed by atoms with Crippen LogP contribution >= 0.6 is 23.2 Å². The molecule has 0 unspecified atom stereocenters. The van der Waals surface area contributed by atoms with E-state index in [1.54, 1.807) is 7.85 Å². The fourth-order valence-corrected chi connectivity index (χ4v) is 0.817. The first-order valence-electron chi connectivity index (χ1n) is 2.44. The molecule has 0 saturated heterocycles. The van der Waals surface area contributed by atoms with Gasteiger partial charge in [-0.2, -0.15) is 0 Å². The average Bonchev–Trinajstić information content (AvgIpc) is 1.30. The second kappa shape index (κ2) is 2.83. The van der Waals surface area contributed by atoms with Crippen LogP contribution in [0, 0.1) is 0 Å². The number of halogens is 2. The minimum absolute atomic E-state index is 0.505. The SMILES string of the molecule is BC(Cl)(Cl)CCC. The molecule has 0 nitrogen and oxygen atoms in total. The molecule has 0 atom stereocenters. The molecule has 0 heterocycles. The molecule has 0 rings (SSSR count). The van der Waals surface area contributed by atoms with Gasteiger partial charge < -0.3 is 0 Å². The monoisotopic (exact) mass is 138 g/mol. The summed E-state index contributed by atoms with van der Waals surface area (Å²) in [4.78, 5) is 0. The number of alkyl halides is 2. The van der Waals surface area contributed by atoms with Crippen molar-refractivity contribution < 1.29 is 0 Å². The fraction of sp³-hybridized carbons (Fsp3) is 1.00. The third kappa shape index (κ3) is 6.64. The molecule has 42 valence electrons. The van der Waals surface area contributed by atoms with E-state index < -0.39 is 4.23 Å². The Labute approximate surface area is 55.6 Å². The van der Waals surface area contributed by atoms with Gasteiger partial charge in [0.25, 0.3) is 0 Å². The largest absolute Gasteiger partial charge is 0.148 e. The van der Waals surface area contributed by atoms with E-state index in [-0.39, 0.29) is 0 Å². The summed E-state index contributed by atoms with van der Waals surface area (Å²) in [5, 5.41) is 0. The van der Waals surface area contributed by atoms with E-state index in [2.05, 4.69) is 6.92 Å². The Morgan fingerprint density at radius 1 is 1.57 bits per heavy atom. The molecule has 7 heavy (non-hydrogen) atoms. The zero-order chi connectivity index (χ0) is 5.91. The summed E-state index contributed by atoms with van der Waals surface area (Å²) in [6.45, 7) is 2.06. The Balaban J connectivity index is 3.15. The van der Waals surface area contributed by atoms with Crippen molar-refractivity contribution in [2.75, 3.05) is 0 Å². The summed E-state index contributed by atoms with van der Waals surface area (Å²) in [5.74, 6) is 0. The molecule has 0 aromatic heterocycles. The van der Waals surface area contributed by atoms with Crippen molar-refractivity contribution in [2.24, 2.45) is 0 Å². The van der Waals surface area contributed by atoms with Crippen LogP contribution < -0.4 is 0 Å². The van der Waals surface area contributed by atoms with E-state index in [4.69, 9.17) is 23.2 Å². The van der Waals surface area contributed by atoms with Crippen molar-refractivity contribution in [1.82, 2.24) is 0 Å². The van der Waals surface area contributed by atoms with E-state index in [9.17, 15) is 0 Å². The molecule has 0 aliphatic rings. The molecule has 0 fully saturated rings. The lowest BCUT2D eigenvalue weighted by molar-refractivity contribution is 0.821. The van der Waals surface area contributed by atoms with Crippen molar-refractivity contribution in [1.29, 1.82) is 0 Å². The summed E-state index contributed by atoms with van der Waals surface area (Å²) in [6, 6.07) is 0. The van der Waals surface area contributed by atoms with Gasteiger partial charge in [-0.3, -0.25) is 0 Å². The molecule has 0 radical (unpaired) electrons. The zero-order valence-corrected chi connectivity index (χ0v) is 6.18. The highest BCUT2D eigenvalue weighted by molar-refractivity contribution is 6.65. The Morgan fingerprint density at radius 3 is 2.00 bits per heavy atom. The Hall–Kier alpha value is 0.645. The van der Waals surface area contributed by atoms with Crippen LogP contribution in [0.25, 0.3) is 0 Å². The van der Waals surface area contributed by atoms with Crippen LogP contribution in [-0.4, -0.2) is 12.1 Å². The molecule has 0 amide bonds. The second-order valence-corrected chi connectivity index (χ2v) is 3.68. The van der Waals surface area contributed by atoms with Crippen molar-refractivity contribution in [3.8, 4) is 0 Å². The molecule has 0 N–H and O–H groups in total. The highest BCUT2D eigenvalue weighted by Crippen LogP contribution is 2.21. The predicted molar refractivity (Wildman–Crippen MR) is 37.9 cm³/mol.